The third kappa shape index (κ3) is 7.67. The Hall–Kier alpha value is -4.18. The number of carbonyl (C=O) groups is 3. The summed E-state index contributed by atoms with van der Waals surface area (Å²) in [5.41, 5.74) is 3.52. The molecule has 0 heterocycles. The molecule has 186 valence electrons. The van der Waals surface area contributed by atoms with Gasteiger partial charge in [0.1, 0.15) is 17.2 Å². The number of nitrogens with one attached hydrogen (secondary N) is 2. The van der Waals surface area contributed by atoms with Crippen molar-refractivity contribution in [3.63, 3.8) is 0 Å². The Labute approximate surface area is 216 Å². The van der Waals surface area contributed by atoms with Crippen molar-refractivity contribution < 1.29 is 28.6 Å². The van der Waals surface area contributed by atoms with E-state index in [-0.39, 0.29) is 12.3 Å². The highest BCUT2D eigenvalue weighted by Crippen LogP contribution is 2.23. The Bertz CT molecular complexity index is 1240. The zero-order valence-corrected chi connectivity index (χ0v) is 21.2. The molecule has 36 heavy (non-hydrogen) atoms. The van der Waals surface area contributed by atoms with Gasteiger partial charge in [0, 0.05) is 15.6 Å². The van der Waals surface area contributed by atoms with Gasteiger partial charge in [0.15, 0.2) is 0 Å². The predicted octanol–water partition coefficient (Wildman–Crippen LogP) is 3.96. The third-order valence-corrected chi connectivity index (χ3v) is 5.22. The largest absolute Gasteiger partial charge is 0.497 e. The van der Waals surface area contributed by atoms with Crippen LogP contribution in [0.25, 0.3) is 0 Å². The molecular formula is C26H24BrN3O6. The van der Waals surface area contributed by atoms with Gasteiger partial charge >= 0.3 is 5.97 Å². The first-order valence-corrected chi connectivity index (χ1v) is 11.7. The number of hydrogen-bond acceptors (Lipinski definition) is 7. The quantitative estimate of drug-likeness (QED) is 0.170. The minimum absolute atomic E-state index is 0.253. The average Bonchev–Trinajstić information content (AvgIpc) is 2.89. The molecule has 2 N–H and O–H groups in total. The Morgan fingerprint density at radius 2 is 1.61 bits per heavy atom. The number of amides is 2. The predicted molar refractivity (Wildman–Crippen MR) is 138 cm³/mol. The summed E-state index contributed by atoms with van der Waals surface area (Å²) in [6.07, 6.45) is 1.34. The molecule has 0 bridgehead atoms. The van der Waals surface area contributed by atoms with E-state index in [4.69, 9.17) is 14.2 Å². The first-order chi connectivity index (χ1) is 17.4. The Balaban J connectivity index is 1.57. The molecule has 9 nitrogen and oxygen atoms in total. The first-order valence-electron chi connectivity index (χ1n) is 10.9. The van der Waals surface area contributed by atoms with Crippen LogP contribution in [0.3, 0.4) is 0 Å². The Kier molecular flexibility index (Phi) is 9.58. The van der Waals surface area contributed by atoms with Crippen LogP contribution in [0.2, 0.25) is 0 Å². The molecule has 0 radical (unpaired) electrons. The van der Waals surface area contributed by atoms with E-state index >= 15 is 0 Å². The molecule has 0 spiro atoms. The number of carbonyl (C=O) groups excluding carboxylic acids is 3. The molecular weight excluding hydrogens is 530 g/mol. The second-order valence-corrected chi connectivity index (χ2v) is 8.15. The smallest absolute Gasteiger partial charge is 0.343 e. The second kappa shape index (κ2) is 13.1. The number of benzene rings is 3. The molecule has 0 fully saturated rings. The molecule has 3 aromatic rings. The lowest BCUT2D eigenvalue weighted by molar-refractivity contribution is -0.120. The molecule has 0 aliphatic rings. The van der Waals surface area contributed by atoms with Crippen molar-refractivity contribution in [2.24, 2.45) is 5.10 Å². The maximum Gasteiger partial charge on any atom is 0.343 e. The van der Waals surface area contributed by atoms with Crippen molar-refractivity contribution in [1.29, 1.82) is 0 Å². The van der Waals surface area contributed by atoms with Gasteiger partial charge in [0.25, 0.3) is 11.8 Å². The highest BCUT2D eigenvalue weighted by atomic mass is 79.9. The SMILES string of the molecule is CCOc1ccc(C(=O)Oc2ccc(Br)cc2C=NNC(=O)CNC(=O)c2ccc(OC)cc2)cc1. The van der Waals surface area contributed by atoms with Crippen LogP contribution in [0.1, 0.15) is 33.2 Å². The van der Waals surface area contributed by atoms with E-state index in [0.717, 1.165) is 4.47 Å². The van der Waals surface area contributed by atoms with Gasteiger partial charge in [-0.25, -0.2) is 10.2 Å². The topological polar surface area (TPSA) is 115 Å². The van der Waals surface area contributed by atoms with E-state index in [2.05, 4.69) is 31.8 Å². The third-order valence-electron chi connectivity index (χ3n) is 4.73. The molecule has 3 aromatic carbocycles. The lowest BCUT2D eigenvalue weighted by Gasteiger charge is -2.09. The number of methoxy groups -OCH3 is 1. The molecule has 0 saturated heterocycles. The van der Waals surface area contributed by atoms with Crippen LogP contribution in [0, 0.1) is 0 Å². The maximum atomic E-state index is 12.6. The van der Waals surface area contributed by atoms with Gasteiger partial charge in [-0.2, -0.15) is 5.10 Å². The lowest BCUT2D eigenvalue weighted by atomic mass is 10.2. The normalized spacial score (nSPS) is 10.5. The summed E-state index contributed by atoms with van der Waals surface area (Å²) in [6.45, 7) is 2.12. The van der Waals surface area contributed by atoms with Gasteiger partial charge in [-0.15, -0.1) is 0 Å². The van der Waals surface area contributed by atoms with Gasteiger partial charge in [0.2, 0.25) is 0 Å². The fraction of sp³-hybridized carbons (Fsp3) is 0.154. The summed E-state index contributed by atoms with van der Waals surface area (Å²) in [4.78, 5) is 36.8. The molecule has 0 atom stereocenters. The lowest BCUT2D eigenvalue weighted by Crippen LogP contribution is -2.34. The average molecular weight is 554 g/mol. The van der Waals surface area contributed by atoms with Crippen molar-refractivity contribution >= 4 is 39.9 Å². The van der Waals surface area contributed by atoms with E-state index in [9.17, 15) is 14.4 Å². The second-order valence-electron chi connectivity index (χ2n) is 7.23. The fourth-order valence-electron chi connectivity index (χ4n) is 2.94. The van der Waals surface area contributed by atoms with Crippen molar-refractivity contribution in [3.8, 4) is 17.2 Å². The van der Waals surface area contributed by atoms with Crippen LogP contribution in [-0.4, -0.2) is 44.3 Å². The summed E-state index contributed by atoms with van der Waals surface area (Å²) in [6, 6.07) is 18.1. The van der Waals surface area contributed by atoms with E-state index in [1.165, 1.54) is 13.3 Å². The van der Waals surface area contributed by atoms with Crippen molar-refractivity contribution in [3.05, 3.63) is 87.9 Å². The molecule has 0 aliphatic carbocycles. The van der Waals surface area contributed by atoms with Crippen LogP contribution in [0.5, 0.6) is 17.2 Å². The van der Waals surface area contributed by atoms with Crippen LogP contribution in [-0.2, 0) is 4.79 Å². The Morgan fingerprint density at radius 3 is 2.28 bits per heavy atom. The number of rotatable bonds is 10. The fourth-order valence-corrected chi connectivity index (χ4v) is 3.32. The van der Waals surface area contributed by atoms with Crippen LogP contribution < -0.4 is 25.0 Å². The molecule has 2 amide bonds. The van der Waals surface area contributed by atoms with Gasteiger partial charge in [-0.1, -0.05) is 15.9 Å². The number of esters is 1. The number of nitrogens with zero attached hydrogens (tertiary/aromatic N) is 1. The minimum Gasteiger partial charge on any atom is -0.497 e. The van der Waals surface area contributed by atoms with Crippen LogP contribution in [0.15, 0.2) is 76.3 Å². The summed E-state index contributed by atoms with van der Waals surface area (Å²) in [7, 11) is 1.53. The van der Waals surface area contributed by atoms with E-state index in [1.807, 2.05) is 6.92 Å². The number of ether oxygens (including phenoxy) is 3. The van der Waals surface area contributed by atoms with E-state index < -0.39 is 17.8 Å². The molecule has 10 heteroatoms. The van der Waals surface area contributed by atoms with Crippen molar-refractivity contribution in [2.75, 3.05) is 20.3 Å². The zero-order chi connectivity index (χ0) is 25.9. The monoisotopic (exact) mass is 553 g/mol. The maximum absolute atomic E-state index is 12.6. The van der Waals surface area contributed by atoms with Gasteiger partial charge < -0.3 is 19.5 Å². The summed E-state index contributed by atoms with van der Waals surface area (Å²) < 4.78 is 16.7. The van der Waals surface area contributed by atoms with Crippen LogP contribution >= 0.6 is 15.9 Å². The molecule has 0 aromatic heterocycles. The van der Waals surface area contributed by atoms with Crippen molar-refractivity contribution in [1.82, 2.24) is 10.7 Å². The van der Waals surface area contributed by atoms with Gasteiger partial charge in [0.05, 0.1) is 32.0 Å². The first kappa shape index (κ1) is 26.4. The number of hydrazone groups is 1. The number of hydrogen-bond donors (Lipinski definition) is 2. The van der Waals surface area contributed by atoms with E-state index in [1.54, 1.807) is 66.7 Å². The van der Waals surface area contributed by atoms with Gasteiger partial charge in [-0.3, -0.25) is 9.59 Å². The highest BCUT2D eigenvalue weighted by Gasteiger charge is 2.12. The van der Waals surface area contributed by atoms with E-state index in [0.29, 0.717) is 34.8 Å². The molecule has 3 rings (SSSR count). The van der Waals surface area contributed by atoms with Crippen molar-refractivity contribution in [2.45, 2.75) is 6.92 Å². The summed E-state index contributed by atoms with van der Waals surface area (Å²) in [5, 5.41) is 6.42. The minimum atomic E-state index is -0.555. The summed E-state index contributed by atoms with van der Waals surface area (Å²) in [5.74, 6) is 0.0312. The van der Waals surface area contributed by atoms with Crippen LogP contribution in [0.4, 0.5) is 0 Å². The standard InChI is InChI=1S/C26H24BrN3O6/c1-3-35-22-11-6-18(7-12-22)26(33)36-23-13-8-20(27)14-19(23)15-29-30-24(31)16-28-25(32)17-4-9-21(34-2)10-5-17/h4-15H,3,16H2,1-2H3,(H,28,32)(H,30,31). The highest BCUT2D eigenvalue weighted by molar-refractivity contribution is 9.10. The molecule has 0 unspecified atom stereocenters. The van der Waals surface area contributed by atoms with Gasteiger partial charge in [-0.05, 0) is 73.7 Å². The zero-order valence-electron chi connectivity index (χ0n) is 19.6. The molecule has 0 aliphatic heterocycles. The number of halogens is 1. The summed E-state index contributed by atoms with van der Waals surface area (Å²) >= 11 is 3.36. The Morgan fingerprint density at radius 1 is 0.944 bits per heavy atom. The molecule has 0 saturated carbocycles.